The minimum absolute atomic E-state index is 0.0774. The van der Waals surface area contributed by atoms with Crippen LogP contribution in [-0.4, -0.2) is 52.8 Å². The normalized spacial score (nSPS) is 22.7. The van der Waals surface area contributed by atoms with Crippen molar-refractivity contribution in [2.24, 2.45) is 11.0 Å². The third kappa shape index (κ3) is 3.47. The molecule has 1 atom stereocenters. The van der Waals surface area contributed by atoms with Gasteiger partial charge < -0.3 is 4.90 Å². The van der Waals surface area contributed by atoms with E-state index >= 15 is 0 Å². The number of amidine groups is 1. The maximum atomic E-state index is 13.4. The van der Waals surface area contributed by atoms with Crippen LogP contribution in [0.4, 0.5) is 5.13 Å². The maximum absolute atomic E-state index is 13.4. The standard InChI is InChI=1S/C22H33N5OS/c1-6-16(7-2)17-13-14(3)27-18(17)21(28)25(5)20(24-27)19-15(4)23-22(29-19)26-11-9-8-10-12-26/h14,16H,6-13H2,1-5H3. The molecule has 0 radical (unpaired) electrons. The van der Waals surface area contributed by atoms with Gasteiger partial charge in [0.15, 0.2) is 11.0 Å². The van der Waals surface area contributed by atoms with Crippen molar-refractivity contribution in [2.75, 3.05) is 25.0 Å². The molecule has 1 aromatic heterocycles. The van der Waals surface area contributed by atoms with Crippen molar-refractivity contribution in [2.45, 2.75) is 72.3 Å². The van der Waals surface area contributed by atoms with Crippen LogP contribution in [0.1, 0.15) is 69.9 Å². The molecule has 158 valence electrons. The van der Waals surface area contributed by atoms with Gasteiger partial charge in [-0.05, 0) is 63.9 Å². The highest BCUT2D eigenvalue weighted by atomic mass is 32.1. The molecule has 1 amide bonds. The molecule has 3 aliphatic heterocycles. The molecule has 0 bridgehead atoms. The smallest absolute Gasteiger partial charge is 0.277 e. The van der Waals surface area contributed by atoms with Gasteiger partial charge in [-0.25, -0.2) is 4.98 Å². The van der Waals surface area contributed by atoms with Gasteiger partial charge in [0.2, 0.25) is 0 Å². The predicted molar refractivity (Wildman–Crippen MR) is 119 cm³/mol. The van der Waals surface area contributed by atoms with Crippen molar-refractivity contribution in [3.05, 3.63) is 21.8 Å². The summed E-state index contributed by atoms with van der Waals surface area (Å²) in [6.07, 6.45) is 6.82. The number of hydrogen-bond acceptors (Lipinski definition) is 6. The lowest BCUT2D eigenvalue weighted by atomic mass is 9.90. The highest BCUT2D eigenvalue weighted by Crippen LogP contribution is 2.40. The molecule has 7 heteroatoms. The van der Waals surface area contributed by atoms with Gasteiger partial charge in [0.25, 0.3) is 5.91 Å². The number of piperidine rings is 1. The Morgan fingerprint density at radius 2 is 1.86 bits per heavy atom. The van der Waals surface area contributed by atoms with E-state index in [0.717, 1.165) is 59.6 Å². The highest BCUT2D eigenvalue weighted by molar-refractivity contribution is 7.17. The van der Waals surface area contributed by atoms with Crippen LogP contribution >= 0.6 is 11.3 Å². The lowest BCUT2D eigenvalue weighted by molar-refractivity contribution is -0.125. The zero-order chi connectivity index (χ0) is 20.7. The number of rotatable bonds is 5. The number of aromatic nitrogens is 1. The molecule has 0 aliphatic carbocycles. The quantitative estimate of drug-likeness (QED) is 0.717. The van der Waals surface area contributed by atoms with Gasteiger partial charge in [-0.15, -0.1) is 0 Å². The Kier molecular flexibility index (Phi) is 5.69. The number of carbonyl (C=O) groups excluding carboxylic acids is 1. The van der Waals surface area contributed by atoms with Gasteiger partial charge >= 0.3 is 0 Å². The molecule has 0 N–H and O–H groups in total. The van der Waals surface area contributed by atoms with Crippen LogP contribution in [0.5, 0.6) is 0 Å². The molecule has 1 aromatic rings. The molecule has 0 aromatic carbocycles. The number of aryl methyl sites for hydroxylation is 1. The monoisotopic (exact) mass is 415 g/mol. The third-order valence-corrected chi connectivity index (χ3v) is 7.80. The lowest BCUT2D eigenvalue weighted by Gasteiger charge is -2.32. The van der Waals surface area contributed by atoms with Gasteiger partial charge in [0, 0.05) is 20.1 Å². The van der Waals surface area contributed by atoms with E-state index < -0.39 is 0 Å². The Balaban J connectivity index is 1.71. The molecule has 4 heterocycles. The fourth-order valence-corrected chi connectivity index (χ4v) is 5.97. The Hall–Kier alpha value is -1.89. The Bertz CT molecular complexity index is 847. The molecule has 1 fully saturated rings. The average molecular weight is 416 g/mol. The Labute approximate surface area is 178 Å². The van der Waals surface area contributed by atoms with Gasteiger partial charge in [-0.2, -0.15) is 5.10 Å². The van der Waals surface area contributed by atoms with Gasteiger partial charge in [0.1, 0.15) is 5.70 Å². The number of likely N-dealkylation sites (N-methyl/N-ethyl adjacent to an activating group) is 1. The number of hydrogen-bond donors (Lipinski definition) is 0. The molecule has 3 aliphatic rings. The summed E-state index contributed by atoms with van der Waals surface area (Å²) in [6, 6.07) is 0.225. The summed E-state index contributed by atoms with van der Waals surface area (Å²) in [4.78, 5) is 23.4. The van der Waals surface area contributed by atoms with E-state index in [2.05, 4.69) is 25.7 Å². The number of nitrogens with zero attached hydrogens (tertiary/aromatic N) is 5. The summed E-state index contributed by atoms with van der Waals surface area (Å²) in [6.45, 7) is 10.8. The molecule has 6 nitrogen and oxygen atoms in total. The van der Waals surface area contributed by atoms with E-state index in [1.165, 1.54) is 24.8 Å². The number of fused-ring (bicyclic) bond motifs is 1. The first-order valence-electron chi connectivity index (χ1n) is 11.1. The number of amides is 1. The first kappa shape index (κ1) is 20.4. The fraction of sp³-hybridized carbons (Fsp3) is 0.682. The number of carbonyl (C=O) groups is 1. The van der Waals surface area contributed by atoms with Crippen LogP contribution < -0.4 is 4.90 Å². The van der Waals surface area contributed by atoms with Crippen LogP contribution in [-0.2, 0) is 4.79 Å². The van der Waals surface area contributed by atoms with Crippen molar-refractivity contribution >= 4 is 28.2 Å². The number of hydrazone groups is 1. The molecule has 0 saturated carbocycles. The van der Waals surface area contributed by atoms with Gasteiger partial charge in [-0.1, -0.05) is 25.2 Å². The third-order valence-electron chi connectivity index (χ3n) is 6.59. The molecule has 1 unspecified atom stereocenters. The van der Waals surface area contributed by atoms with Gasteiger partial charge in [0.05, 0.1) is 16.6 Å². The van der Waals surface area contributed by atoms with Crippen molar-refractivity contribution in [1.82, 2.24) is 14.9 Å². The first-order valence-corrected chi connectivity index (χ1v) is 11.9. The summed E-state index contributed by atoms with van der Waals surface area (Å²) in [5.74, 6) is 1.28. The Morgan fingerprint density at radius 3 is 2.52 bits per heavy atom. The van der Waals surface area contributed by atoms with Crippen LogP contribution in [0, 0.1) is 12.8 Å². The van der Waals surface area contributed by atoms with Crippen molar-refractivity contribution in [3.63, 3.8) is 0 Å². The minimum atomic E-state index is 0.0774. The second-order valence-corrected chi connectivity index (χ2v) is 9.51. The molecule has 0 spiro atoms. The van der Waals surface area contributed by atoms with Crippen LogP contribution in [0.25, 0.3) is 0 Å². The van der Waals surface area contributed by atoms with Crippen LogP contribution in [0.3, 0.4) is 0 Å². The van der Waals surface area contributed by atoms with Crippen molar-refractivity contribution in [3.8, 4) is 0 Å². The second-order valence-electron chi connectivity index (χ2n) is 8.53. The van der Waals surface area contributed by atoms with Gasteiger partial charge in [-0.3, -0.25) is 14.7 Å². The first-order chi connectivity index (χ1) is 14.0. The van der Waals surface area contributed by atoms with E-state index in [-0.39, 0.29) is 11.9 Å². The summed E-state index contributed by atoms with van der Waals surface area (Å²) >= 11 is 1.68. The van der Waals surface area contributed by atoms with E-state index in [0.29, 0.717) is 5.92 Å². The molecular formula is C22H33N5OS. The van der Waals surface area contributed by atoms with E-state index in [9.17, 15) is 4.79 Å². The molecule has 4 rings (SSSR count). The fourth-order valence-electron chi connectivity index (χ4n) is 4.83. The van der Waals surface area contributed by atoms with Crippen molar-refractivity contribution < 1.29 is 4.79 Å². The zero-order valence-electron chi connectivity index (χ0n) is 18.4. The predicted octanol–water partition coefficient (Wildman–Crippen LogP) is 4.36. The summed E-state index contributed by atoms with van der Waals surface area (Å²) in [5, 5.41) is 8.05. The molecule has 1 saturated heterocycles. The number of thiazole rings is 1. The van der Waals surface area contributed by atoms with Crippen molar-refractivity contribution in [1.29, 1.82) is 0 Å². The van der Waals surface area contributed by atoms with E-state index in [4.69, 9.17) is 10.1 Å². The SMILES string of the molecule is CCC(CC)C1=C2C(=O)N(C)C(c3sc(N4CCCCC4)nc3C)=NN2C(C)C1. The lowest BCUT2D eigenvalue weighted by Crippen LogP contribution is -2.45. The van der Waals surface area contributed by atoms with Crippen LogP contribution in [0.2, 0.25) is 0 Å². The second kappa shape index (κ2) is 8.09. The summed E-state index contributed by atoms with van der Waals surface area (Å²) < 4.78 is 0. The van der Waals surface area contributed by atoms with E-state index in [1.807, 2.05) is 19.0 Å². The Morgan fingerprint density at radius 1 is 1.17 bits per heavy atom. The number of anilines is 1. The van der Waals surface area contributed by atoms with Crippen LogP contribution in [0.15, 0.2) is 16.4 Å². The summed E-state index contributed by atoms with van der Waals surface area (Å²) in [5.41, 5.74) is 3.07. The highest BCUT2D eigenvalue weighted by Gasteiger charge is 2.42. The maximum Gasteiger partial charge on any atom is 0.277 e. The topological polar surface area (TPSA) is 52.0 Å². The summed E-state index contributed by atoms with van der Waals surface area (Å²) in [7, 11) is 1.86. The molecular weight excluding hydrogens is 382 g/mol. The van der Waals surface area contributed by atoms with E-state index in [1.54, 1.807) is 16.2 Å². The zero-order valence-corrected chi connectivity index (χ0v) is 19.2. The molecule has 29 heavy (non-hydrogen) atoms. The minimum Gasteiger partial charge on any atom is -0.348 e. The largest absolute Gasteiger partial charge is 0.348 e. The average Bonchev–Trinajstić information content (AvgIpc) is 3.27.